The van der Waals surface area contributed by atoms with Gasteiger partial charge in [-0.05, 0) is 12.1 Å². The Bertz CT molecular complexity index is 579. The van der Waals surface area contributed by atoms with Crippen LogP contribution in [0.5, 0.6) is 0 Å². The van der Waals surface area contributed by atoms with E-state index in [2.05, 4.69) is 19.7 Å². The van der Waals surface area contributed by atoms with E-state index >= 15 is 0 Å². The summed E-state index contributed by atoms with van der Waals surface area (Å²) in [5.41, 5.74) is -0.232. The van der Waals surface area contributed by atoms with Gasteiger partial charge in [0.05, 0.1) is 17.7 Å². The first-order valence-corrected chi connectivity index (χ1v) is 5.65. The van der Waals surface area contributed by atoms with E-state index < -0.39 is 22.3 Å². The summed E-state index contributed by atoms with van der Waals surface area (Å²) in [7, 11) is 2.46. The fourth-order valence-corrected chi connectivity index (χ4v) is 1.27. The third kappa shape index (κ3) is 4.66. The minimum Gasteiger partial charge on any atom is -0.507 e. The molecular weight excluding hydrogens is 282 g/mol. The Balaban J connectivity index is 3.00. The van der Waals surface area contributed by atoms with Gasteiger partial charge >= 0.3 is 5.97 Å². The Kier molecular flexibility index (Phi) is 5.96. The van der Waals surface area contributed by atoms with Gasteiger partial charge in [0.25, 0.3) is 5.69 Å². The number of azo groups is 1. The van der Waals surface area contributed by atoms with Crippen LogP contribution >= 0.6 is 0 Å². The lowest BCUT2D eigenvalue weighted by Crippen LogP contribution is -2.08. The highest BCUT2D eigenvalue weighted by Crippen LogP contribution is 2.19. The highest BCUT2D eigenvalue weighted by molar-refractivity contribution is 5.88. The number of hydrogen-bond acceptors (Lipinski definition) is 8. The Morgan fingerprint density at radius 2 is 1.95 bits per heavy atom. The van der Waals surface area contributed by atoms with E-state index in [0.29, 0.717) is 0 Å². The Morgan fingerprint density at radius 1 is 1.33 bits per heavy atom. The van der Waals surface area contributed by atoms with Gasteiger partial charge in [-0.2, -0.15) is 5.11 Å². The normalized spacial score (nSPS) is 12.1. The highest BCUT2D eigenvalue weighted by atomic mass is 16.6. The molecule has 0 heterocycles. The summed E-state index contributed by atoms with van der Waals surface area (Å²) in [6.45, 7) is -0.232. The number of nitro benzene ring substituents is 1. The molecule has 0 aromatic heterocycles. The molecule has 0 saturated carbocycles. The SMILES string of the molecule is COC/C(O)=C(\N=Nc1ccc([N+](=O)[O-])cc1)C(=O)OC. The van der Waals surface area contributed by atoms with Crippen LogP contribution in [0, 0.1) is 10.1 Å². The average Bonchev–Trinajstić information content (AvgIpc) is 2.47. The molecule has 1 aromatic rings. The van der Waals surface area contributed by atoms with Crippen LogP contribution in [0.4, 0.5) is 11.4 Å². The molecule has 1 N–H and O–H groups in total. The molecule has 1 rings (SSSR count). The monoisotopic (exact) mass is 295 g/mol. The lowest BCUT2D eigenvalue weighted by atomic mass is 10.3. The Hall–Kier alpha value is -2.81. The van der Waals surface area contributed by atoms with E-state index in [-0.39, 0.29) is 18.0 Å². The van der Waals surface area contributed by atoms with Gasteiger partial charge in [-0.15, -0.1) is 5.11 Å². The number of non-ortho nitro benzene ring substituents is 1. The maximum Gasteiger partial charge on any atom is 0.362 e. The summed E-state index contributed by atoms with van der Waals surface area (Å²) in [6, 6.07) is 5.18. The molecule has 9 nitrogen and oxygen atoms in total. The fourth-order valence-electron chi connectivity index (χ4n) is 1.27. The summed E-state index contributed by atoms with van der Waals surface area (Å²) in [4.78, 5) is 21.4. The number of nitro groups is 1. The van der Waals surface area contributed by atoms with E-state index in [9.17, 15) is 20.0 Å². The molecule has 0 saturated heterocycles. The second-order valence-electron chi connectivity index (χ2n) is 3.69. The zero-order chi connectivity index (χ0) is 15.8. The number of ether oxygens (including phenoxy) is 2. The number of benzene rings is 1. The largest absolute Gasteiger partial charge is 0.507 e. The number of hydrogen-bond donors (Lipinski definition) is 1. The van der Waals surface area contributed by atoms with Crippen molar-refractivity contribution in [2.75, 3.05) is 20.8 Å². The third-order valence-corrected chi connectivity index (χ3v) is 2.26. The number of rotatable bonds is 6. The van der Waals surface area contributed by atoms with Crippen molar-refractivity contribution in [3.63, 3.8) is 0 Å². The molecule has 0 bridgehead atoms. The van der Waals surface area contributed by atoms with Crippen LogP contribution in [0.3, 0.4) is 0 Å². The standard InChI is InChI=1S/C12H13N3O6/c1-20-7-10(16)11(12(17)21-2)14-13-8-3-5-9(6-4-8)15(18)19/h3-6,16H,7H2,1-2H3/b11-10+,14-13?. The van der Waals surface area contributed by atoms with Crippen LogP contribution in [-0.4, -0.2) is 36.8 Å². The number of aliphatic hydroxyl groups is 1. The van der Waals surface area contributed by atoms with Crippen molar-refractivity contribution in [3.8, 4) is 0 Å². The molecule has 0 unspecified atom stereocenters. The van der Waals surface area contributed by atoms with Gasteiger partial charge in [-0.1, -0.05) is 0 Å². The predicted molar refractivity (Wildman–Crippen MR) is 71.2 cm³/mol. The number of nitrogens with zero attached hydrogens (tertiary/aromatic N) is 3. The Labute approximate surface area is 119 Å². The number of methoxy groups -OCH3 is 2. The van der Waals surface area contributed by atoms with Gasteiger partial charge in [0, 0.05) is 19.2 Å². The average molecular weight is 295 g/mol. The van der Waals surface area contributed by atoms with Crippen LogP contribution in [0.25, 0.3) is 0 Å². The van der Waals surface area contributed by atoms with Crippen LogP contribution < -0.4 is 0 Å². The first-order chi connectivity index (χ1) is 9.99. The molecule has 1 aromatic carbocycles. The summed E-state index contributed by atoms with van der Waals surface area (Å²) in [5.74, 6) is -1.31. The zero-order valence-electron chi connectivity index (χ0n) is 11.3. The molecule has 112 valence electrons. The number of aliphatic hydroxyl groups excluding tert-OH is 1. The smallest absolute Gasteiger partial charge is 0.362 e. The molecule has 0 fully saturated rings. The quantitative estimate of drug-likeness (QED) is 0.214. The van der Waals surface area contributed by atoms with Crippen molar-refractivity contribution >= 4 is 17.3 Å². The summed E-state index contributed by atoms with van der Waals surface area (Å²) < 4.78 is 9.14. The molecule has 9 heteroatoms. The Morgan fingerprint density at radius 3 is 2.43 bits per heavy atom. The first-order valence-electron chi connectivity index (χ1n) is 5.65. The molecule has 0 amide bonds. The highest BCUT2D eigenvalue weighted by Gasteiger charge is 2.15. The van der Waals surface area contributed by atoms with Crippen molar-refractivity contribution in [3.05, 3.63) is 45.8 Å². The molecular formula is C12H13N3O6. The van der Waals surface area contributed by atoms with E-state index in [1.165, 1.54) is 31.4 Å². The van der Waals surface area contributed by atoms with Gasteiger partial charge in [-0.25, -0.2) is 4.79 Å². The van der Waals surface area contributed by atoms with Gasteiger partial charge in [0.2, 0.25) is 5.70 Å². The van der Waals surface area contributed by atoms with E-state index in [1.807, 2.05) is 0 Å². The molecule has 0 spiro atoms. The number of carbonyl (C=O) groups is 1. The molecule has 0 radical (unpaired) electrons. The lowest BCUT2D eigenvalue weighted by molar-refractivity contribution is -0.384. The molecule has 0 aliphatic heterocycles. The molecule has 0 atom stereocenters. The number of esters is 1. The fraction of sp³-hybridized carbons (Fsp3) is 0.250. The topological polar surface area (TPSA) is 124 Å². The van der Waals surface area contributed by atoms with Crippen molar-refractivity contribution in [1.29, 1.82) is 0 Å². The van der Waals surface area contributed by atoms with Crippen LogP contribution in [0.1, 0.15) is 0 Å². The van der Waals surface area contributed by atoms with Gasteiger partial charge in [0.15, 0.2) is 5.76 Å². The minimum absolute atomic E-state index is 0.0973. The van der Waals surface area contributed by atoms with Crippen LogP contribution in [0.15, 0.2) is 46.0 Å². The maximum absolute atomic E-state index is 11.5. The zero-order valence-corrected chi connectivity index (χ0v) is 11.3. The third-order valence-electron chi connectivity index (χ3n) is 2.26. The van der Waals surface area contributed by atoms with Gasteiger partial charge in [-0.3, -0.25) is 10.1 Å². The minimum atomic E-state index is -0.879. The summed E-state index contributed by atoms with van der Waals surface area (Å²) >= 11 is 0. The second kappa shape index (κ2) is 7.70. The summed E-state index contributed by atoms with van der Waals surface area (Å²) in [6.07, 6.45) is 0. The van der Waals surface area contributed by atoms with Crippen molar-refractivity contribution in [2.45, 2.75) is 0 Å². The molecule has 21 heavy (non-hydrogen) atoms. The van der Waals surface area contributed by atoms with Crippen molar-refractivity contribution in [2.24, 2.45) is 10.2 Å². The van der Waals surface area contributed by atoms with Gasteiger partial charge < -0.3 is 14.6 Å². The summed E-state index contributed by atoms with van der Waals surface area (Å²) in [5, 5.41) is 27.4. The van der Waals surface area contributed by atoms with Crippen molar-refractivity contribution in [1.82, 2.24) is 0 Å². The predicted octanol–water partition coefficient (Wildman–Crippen LogP) is 2.27. The van der Waals surface area contributed by atoms with Gasteiger partial charge in [0.1, 0.15) is 6.61 Å². The lowest BCUT2D eigenvalue weighted by Gasteiger charge is -2.03. The maximum atomic E-state index is 11.5. The van der Waals surface area contributed by atoms with Crippen molar-refractivity contribution < 1.29 is 24.3 Å². The first kappa shape index (κ1) is 16.2. The van der Waals surface area contributed by atoms with E-state index in [1.54, 1.807) is 0 Å². The number of carbonyl (C=O) groups excluding carboxylic acids is 1. The van der Waals surface area contributed by atoms with E-state index in [0.717, 1.165) is 7.11 Å². The van der Waals surface area contributed by atoms with E-state index in [4.69, 9.17) is 0 Å². The molecule has 0 aliphatic rings. The molecule has 0 aliphatic carbocycles. The van der Waals surface area contributed by atoms with Crippen LogP contribution in [0.2, 0.25) is 0 Å². The second-order valence-corrected chi connectivity index (χ2v) is 3.69. The van der Waals surface area contributed by atoms with Crippen LogP contribution in [-0.2, 0) is 14.3 Å².